The van der Waals surface area contributed by atoms with Gasteiger partial charge in [0, 0.05) is 31.7 Å². The highest BCUT2D eigenvalue weighted by molar-refractivity contribution is 5.97. The number of hydrazine groups is 1. The predicted octanol–water partition coefficient (Wildman–Crippen LogP) is -0.169. The van der Waals surface area contributed by atoms with Crippen LogP contribution in [0.5, 0.6) is 0 Å². The number of hydrogen-bond donors (Lipinski definition) is 3. The van der Waals surface area contributed by atoms with Gasteiger partial charge in [-0.25, -0.2) is 5.01 Å². The highest BCUT2D eigenvalue weighted by atomic mass is 16.7. The van der Waals surface area contributed by atoms with Crippen LogP contribution in [0.15, 0.2) is 24.3 Å². The quantitative estimate of drug-likeness (QED) is 0.445. The molecule has 0 aromatic heterocycles. The first-order chi connectivity index (χ1) is 17.9. The molecule has 5 atom stereocenters. The van der Waals surface area contributed by atoms with Crippen molar-refractivity contribution in [3.05, 3.63) is 29.8 Å². The Labute approximate surface area is 214 Å². The van der Waals surface area contributed by atoms with Gasteiger partial charge in [-0.3, -0.25) is 29.0 Å². The molecule has 0 bridgehead atoms. The van der Waals surface area contributed by atoms with Crippen LogP contribution < -0.4 is 16.0 Å². The molecule has 0 aliphatic carbocycles. The van der Waals surface area contributed by atoms with Crippen LogP contribution in [-0.2, 0) is 39.9 Å². The highest BCUT2D eigenvalue weighted by Gasteiger charge is 2.46. The Kier molecular flexibility index (Phi) is 7.00. The number of ether oxygens (including phenoxy) is 2. The molecule has 5 unspecified atom stereocenters. The number of hydrogen-bond acceptors (Lipinski definition) is 8. The molecular formula is C25H31N5O7. The van der Waals surface area contributed by atoms with E-state index in [1.807, 2.05) is 24.3 Å². The van der Waals surface area contributed by atoms with Crippen LogP contribution in [0.2, 0.25) is 0 Å². The molecular weight excluding hydrogens is 482 g/mol. The zero-order valence-electron chi connectivity index (χ0n) is 20.6. The first-order valence-electron chi connectivity index (χ1n) is 12.7. The fraction of sp³-hybridized carbons (Fsp3) is 0.560. The lowest BCUT2D eigenvalue weighted by Crippen LogP contribution is -2.64. The Hall–Kier alpha value is -3.67. The number of carbonyl (C=O) groups is 5. The van der Waals surface area contributed by atoms with Gasteiger partial charge in [0.15, 0.2) is 0 Å². The number of para-hydroxylation sites is 1. The first-order valence-corrected chi connectivity index (χ1v) is 12.7. The van der Waals surface area contributed by atoms with E-state index >= 15 is 0 Å². The lowest BCUT2D eigenvalue weighted by molar-refractivity contribution is -0.177. The molecule has 198 valence electrons. The lowest BCUT2D eigenvalue weighted by Gasteiger charge is -2.43. The first kappa shape index (κ1) is 25.0. The van der Waals surface area contributed by atoms with E-state index < -0.39 is 48.2 Å². The van der Waals surface area contributed by atoms with Gasteiger partial charge < -0.3 is 25.4 Å². The van der Waals surface area contributed by atoms with E-state index in [0.717, 1.165) is 11.3 Å². The van der Waals surface area contributed by atoms with E-state index in [1.165, 1.54) is 10.0 Å². The molecule has 4 aliphatic heterocycles. The normalized spacial score (nSPS) is 29.1. The third-order valence-corrected chi connectivity index (χ3v) is 7.19. The molecule has 1 aromatic carbocycles. The number of carbonyl (C=O) groups excluding carboxylic acids is 5. The van der Waals surface area contributed by atoms with Gasteiger partial charge in [0.2, 0.25) is 24.0 Å². The zero-order valence-corrected chi connectivity index (χ0v) is 20.6. The van der Waals surface area contributed by atoms with E-state index in [0.29, 0.717) is 32.4 Å². The molecule has 3 N–H and O–H groups in total. The third-order valence-electron chi connectivity index (χ3n) is 7.19. The molecule has 1 aromatic rings. The third kappa shape index (κ3) is 4.97. The van der Waals surface area contributed by atoms with Crippen LogP contribution in [0.25, 0.3) is 0 Å². The lowest BCUT2D eigenvalue weighted by atomic mass is 10.0. The fourth-order valence-corrected chi connectivity index (χ4v) is 5.38. The molecule has 5 rings (SSSR count). The van der Waals surface area contributed by atoms with E-state index in [2.05, 4.69) is 16.0 Å². The second-order valence-corrected chi connectivity index (χ2v) is 9.65. The summed E-state index contributed by atoms with van der Waals surface area (Å²) in [4.78, 5) is 64.8. The smallest absolute Gasteiger partial charge is 0.310 e. The molecule has 4 aliphatic rings. The summed E-state index contributed by atoms with van der Waals surface area (Å²) in [6, 6.07) is 4.48. The van der Waals surface area contributed by atoms with Crippen molar-refractivity contribution in [2.75, 3.05) is 18.5 Å². The number of benzene rings is 1. The topological polar surface area (TPSA) is 146 Å². The number of anilines is 1. The van der Waals surface area contributed by atoms with E-state index in [4.69, 9.17) is 9.47 Å². The van der Waals surface area contributed by atoms with Crippen molar-refractivity contribution in [1.29, 1.82) is 0 Å². The average Bonchev–Trinajstić information content (AvgIpc) is 3.45. The molecule has 0 saturated carbocycles. The number of amides is 4. The molecule has 0 spiro atoms. The summed E-state index contributed by atoms with van der Waals surface area (Å²) in [5.41, 5.74) is 1.90. The fourth-order valence-electron chi connectivity index (χ4n) is 5.38. The Bertz CT molecular complexity index is 1090. The maximum absolute atomic E-state index is 13.7. The Balaban J connectivity index is 1.30. The van der Waals surface area contributed by atoms with E-state index in [-0.39, 0.29) is 31.1 Å². The van der Waals surface area contributed by atoms with Crippen molar-refractivity contribution in [2.24, 2.45) is 0 Å². The number of rotatable bonds is 6. The maximum atomic E-state index is 13.7. The van der Waals surface area contributed by atoms with Crippen LogP contribution in [0.4, 0.5) is 5.69 Å². The molecule has 4 amide bonds. The van der Waals surface area contributed by atoms with E-state index in [9.17, 15) is 24.0 Å². The van der Waals surface area contributed by atoms with E-state index in [1.54, 1.807) is 6.92 Å². The highest BCUT2D eigenvalue weighted by Crippen LogP contribution is 2.28. The standard InChI is InChI=1S/C25H31N5O7/c1-2-36-25-18(13-21(32)37-25)28-23(34)19-8-5-11-29-20(31)10-9-16(24(35)30(19)29)27-22(33)17-12-14-6-3-4-7-15(14)26-17/h3-4,6-7,16-19,25-26H,2,5,8-13H2,1H3,(H,27,33)(H,28,34). The van der Waals surface area contributed by atoms with Gasteiger partial charge in [0.1, 0.15) is 24.2 Å². The number of nitrogens with one attached hydrogen (secondary N) is 3. The van der Waals surface area contributed by atoms with Gasteiger partial charge in [0.05, 0.1) is 6.42 Å². The van der Waals surface area contributed by atoms with Crippen LogP contribution >= 0.6 is 0 Å². The molecule has 4 heterocycles. The minimum Gasteiger partial charge on any atom is -0.433 e. The van der Waals surface area contributed by atoms with Gasteiger partial charge in [-0.1, -0.05) is 18.2 Å². The van der Waals surface area contributed by atoms with Crippen molar-refractivity contribution in [1.82, 2.24) is 20.7 Å². The summed E-state index contributed by atoms with van der Waals surface area (Å²) in [7, 11) is 0. The summed E-state index contributed by atoms with van der Waals surface area (Å²) >= 11 is 0. The van der Waals surface area contributed by atoms with Gasteiger partial charge in [-0.05, 0) is 37.8 Å². The predicted molar refractivity (Wildman–Crippen MR) is 128 cm³/mol. The Morgan fingerprint density at radius 1 is 1.11 bits per heavy atom. The summed E-state index contributed by atoms with van der Waals surface area (Å²) < 4.78 is 10.5. The molecule has 37 heavy (non-hydrogen) atoms. The minimum atomic E-state index is -0.963. The molecule has 0 radical (unpaired) electrons. The van der Waals surface area contributed by atoms with Crippen molar-refractivity contribution in [2.45, 2.75) is 75.9 Å². The molecule has 12 nitrogen and oxygen atoms in total. The molecule has 12 heteroatoms. The Morgan fingerprint density at radius 2 is 1.92 bits per heavy atom. The number of esters is 1. The summed E-state index contributed by atoms with van der Waals surface area (Å²) in [5, 5.41) is 11.3. The summed E-state index contributed by atoms with van der Waals surface area (Å²) in [5.74, 6) is -2.11. The van der Waals surface area contributed by atoms with Crippen LogP contribution in [0.1, 0.15) is 44.6 Å². The van der Waals surface area contributed by atoms with Gasteiger partial charge in [0.25, 0.3) is 5.91 Å². The van der Waals surface area contributed by atoms with Crippen molar-refractivity contribution in [3.8, 4) is 0 Å². The molecule has 3 saturated heterocycles. The second kappa shape index (κ2) is 10.4. The van der Waals surface area contributed by atoms with Crippen molar-refractivity contribution < 1.29 is 33.4 Å². The Morgan fingerprint density at radius 3 is 2.70 bits per heavy atom. The maximum Gasteiger partial charge on any atom is 0.310 e. The second-order valence-electron chi connectivity index (χ2n) is 9.65. The van der Waals surface area contributed by atoms with Crippen molar-refractivity contribution in [3.63, 3.8) is 0 Å². The molecule has 3 fully saturated rings. The monoisotopic (exact) mass is 513 g/mol. The van der Waals surface area contributed by atoms with Crippen LogP contribution in [0, 0.1) is 0 Å². The zero-order chi connectivity index (χ0) is 26.1. The van der Waals surface area contributed by atoms with Crippen LogP contribution in [0.3, 0.4) is 0 Å². The van der Waals surface area contributed by atoms with Crippen LogP contribution in [-0.4, -0.2) is 83.2 Å². The largest absolute Gasteiger partial charge is 0.433 e. The van der Waals surface area contributed by atoms with Gasteiger partial charge in [-0.15, -0.1) is 0 Å². The van der Waals surface area contributed by atoms with Gasteiger partial charge in [-0.2, -0.15) is 0 Å². The minimum absolute atomic E-state index is 0.0465. The number of nitrogens with zero attached hydrogens (tertiary/aromatic N) is 2. The summed E-state index contributed by atoms with van der Waals surface area (Å²) in [6.07, 6.45) is 0.615. The van der Waals surface area contributed by atoms with Gasteiger partial charge >= 0.3 is 5.97 Å². The number of fused-ring (bicyclic) bond motifs is 2. The average molecular weight is 514 g/mol. The SMILES string of the molecule is CCOC1OC(=O)CC1NC(=O)C1CCCN2C(=O)CCC(NC(=O)C3Cc4ccccc4N3)C(=O)N12. The number of cyclic esters (lactones) is 1. The summed E-state index contributed by atoms with van der Waals surface area (Å²) in [6.45, 7) is 2.35. The van der Waals surface area contributed by atoms with Crippen molar-refractivity contribution >= 4 is 35.3 Å².